The summed E-state index contributed by atoms with van der Waals surface area (Å²) in [5.41, 5.74) is 1.38. The van der Waals surface area contributed by atoms with Gasteiger partial charge in [-0.05, 0) is 53.8 Å². The fourth-order valence-corrected chi connectivity index (χ4v) is 2.33. The van der Waals surface area contributed by atoms with Crippen LogP contribution < -0.4 is 10.6 Å². The van der Waals surface area contributed by atoms with Crippen LogP contribution in [0.1, 0.15) is 5.69 Å². The summed E-state index contributed by atoms with van der Waals surface area (Å²) in [7, 11) is 0. The van der Waals surface area contributed by atoms with Crippen molar-refractivity contribution in [2.45, 2.75) is 6.92 Å². The van der Waals surface area contributed by atoms with E-state index in [9.17, 15) is 9.59 Å². The Balaban J connectivity index is 1.96. The molecular weight excluding hydrogens is 377 g/mol. The minimum atomic E-state index is -0.729. The van der Waals surface area contributed by atoms with Crippen molar-refractivity contribution < 1.29 is 9.59 Å². The van der Waals surface area contributed by atoms with E-state index in [0.717, 1.165) is 9.26 Å². The van der Waals surface area contributed by atoms with E-state index in [1.54, 1.807) is 17.5 Å². The first-order valence-corrected chi connectivity index (χ1v) is 7.30. The van der Waals surface area contributed by atoms with Crippen molar-refractivity contribution in [3.63, 3.8) is 0 Å². The molecule has 2 aromatic rings. The molecule has 19 heavy (non-hydrogen) atoms. The van der Waals surface area contributed by atoms with Crippen LogP contribution in [-0.4, -0.2) is 16.8 Å². The number of amides is 2. The van der Waals surface area contributed by atoms with Crippen molar-refractivity contribution in [2.75, 3.05) is 10.6 Å². The van der Waals surface area contributed by atoms with Gasteiger partial charge in [-0.25, -0.2) is 4.98 Å². The second-order valence-electron chi connectivity index (χ2n) is 3.71. The van der Waals surface area contributed by atoms with E-state index in [4.69, 9.17) is 0 Å². The molecule has 0 bridgehead atoms. The highest BCUT2D eigenvalue weighted by atomic mass is 127. The normalized spacial score (nSPS) is 10.0. The van der Waals surface area contributed by atoms with Crippen molar-refractivity contribution >= 4 is 56.6 Å². The second-order valence-corrected chi connectivity index (χ2v) is 5.81. The van der Waals surface area contributed by atoms with Crippen molar-refractivity contribution in [1.29, 1.82) is 0 Å². The average Bonchev–Trinajstić information content (AvgIpc) is 2.77. The van der Waals surface area contributed by atoms with Crippen LogP contribution in [0.2, 0.25) is 0 Å². The highest BCUT2D eigenvalue weighted by Gasteiger charge is 2.15. The number of aromatic nitrogens is 1. The minimum absolute atomic E-state index is 0.417. The van der Waals surface area contributed by atoms with E-state index in [0.29, 0.717) is 10.8 Å². The Bertz CT molecular complexity index is 610. The van der Waals surface area contributed by atoms with Crippen LogP contribution in [0.5, 0.6) is 0 Å². The molecule has 7 heteroatoms. The van der Waals surface area contributed by atoms with E-state index in [1.165, 1.54) is 11.3 Å². The number of aryl methyl sites for hydroxylation is 1. The van der Waals surface area contributed by atoms with Gasteiger partial charge in [0, 0.05) is 14.6 Å². The molecule has 0 aliphatic carbocycles. The van der Waals surface area contributed by atoms with Gasteiger partial charge in [0.2, 0.25) is 0 Å². The summed E-state index contributed by atoms with van der Waals surface area (Å²) >= 11 is 3.44. The molecule has 5 nitrogen and oxygen atoms in total. The first-order chi connectivity index (χ1) is 9.04. The zero-order valence-corrected chi connectivity index (χ0v) is 12.9. The van der Waals surface area contributed by atoms with Crippen LogP contribution in [0.15, 0.2) is 29.6 Å². The minimum Gasteiger partial charge on any atom is -0.318 e. The molecule has 1 aromatic heterocycles. The number of nitrogens with zero attached hydrogens (tertiary/aromatic N) is 1. The lowest BCUT2D eigenvalue weighted by molar-refractivity contribution is -0.132. The van der Waals surface area contributed by atoms with Gasteiger partial charge in [-0.2, -0.15) is 0 Å². The highest BCUT2D eigenvalue weighted by Crippen LogP contribution is 2.15. The van der Waals surface area contributed by atoms with E-state index < -0.39 is 11.8 Å². The average molecular weight is 387 g/mol. The molecular formula is C12H10IN3O2S. The quantitative estimate of drug-likeness (QED) is 0.615. The maximum atomic E-state index is 11.7. The monoisotopic (exact) mass is 387 g/mol. The number of halogens is 1. The first kappa shape index (κ1) is 13.9. The Morgan fingerprint density at radius 3 is 2.37 bits per heavy atom. The van der Waals surface area contributed by atoms with E-state index >= 15 is 0 Å². The van der Waals surface area contributed by atoms with Crippen LogP contribution >= 0.6 is 33.9 Å². The van der Waals surface area contributed by atoms with Crippen LogP contribution in [0.4, 0.5) is 10.8 Å². The topological polar surface area (TPSA) is 71.1 Å². The number of rotatable bonds is 2. The van der Waals surface area contributed by atoms with E-state index in [-0.39, 0.29) is 0 Å². The predicted molar refractivity (Wildman–Crippen MR) is 83.3 cm³/mol. The SMILES string of the molecule is Cc1csc(NC(=O)C(=O)Nc2ccc(I)cc2)n1. The molecule has 0 unspecified atom stereocenters. The molecule has 0 saturated carbocycles. The molecule has 0 spiro atoms. The summed E-state index contributed by atoms with van der Waals surface area (Å²) in [5.74, 6) is -1.44. The first-order valence-electron chi connectivity index (χ1n) is 5.34. The zero-order chi connectivity index (χ0) is 13.8. The molecule has 2 N–H and O–H groups in total. The zero-order valence-electron chi connectivity index (χ0n) is 9.94. The maximum absolute atomic E-state index is 11.7. The standard InChI is InChI=1S/C12H10IN3O2S/c1-7-6-19-12(14-7)16-11(18)10(17)15-9-4-2-8(13)3-5-9/h2-6H,1H3,(H,15,17)(H,14,16,18). The van der Waals surface area contributed by atoms with Gasteiger partial charge in [0.05, 0.1) is 5.69 Å². The molecule has 0 aliphatic rings. The third kappa shape index (κ3) is 4.00. The fourth-order valence-electron chi connectivity index (χ4n) is 1.29. The number of benzene rings is 1. The van der Waals surface area contributed by atoms with Crippen LogP contribution in [0, 0.1) is 10.5 Å². The number of nitrogens with one attached hydrogen (secondary N) is 2. The Kier molecular flexibility index (Phi) is 4.48. The van der Waals surface area contributed by atoms with Gasteiger partial charge >= 0.3 is 11.8 Å². The lowest BCUT2D eigenvalue weighted by Crippen LogP contribution is -2.29. The van der Waals surface area contributed by atoms with Crippen molar-refractivity contribution in [2.24, 2.45) is 0 Å². The van der Waals surface area contributed by atoms with Crippen LogP contribution in [0.3, 0.4) is 0 Å². The number of thiazole rings is 1. The molecule has 2 amide bonds. The molecule has 98 valence electrons. The lowest BCUT2D eigenvalue weighted by Gasteiger charge is -2.04. The molecule has 0 radical (unpaired) electrons. The van der Waals surface area contributed by atoms with Crippen molar-refractivity contribution in [3.8, 4) is 0 Å². The third-order valence-corrected chi connectivity index (χ3v) is 3.74. The van der Waals surface area contributed by atoms with E-state index in [2.05, 4.69) is 38.2 Å². The number of carbonyl (C=O) groups is 2. The fraction of sp³-hybridized carbons (Fsp3) is 0.0833. The van der Waals surface area contributed by atoms with Crippen molar-refractivity contribution in [1.82, 2.24) is 4.98 Å². The summed E-state index contributed by atoms with van der Waals surface area (Å²) in [6, 6.07) is 7.16. The van der Waals surface area contributed by atoms with E-state index in [1.807, 2.05) is 19.1 Å². The van der Waals surface area contributed by atoms with Crippen molar-refractivity contribution in [3.05, 3.63) is 38.9 Å². The lowest BCUT2D eigenvalue weighted by atomic mass is 10.3. The van der Waals surface area contributed by atoms with Gasteiger partial charge < -0.3 is 5.32 Å². The molecule has 0 atom stereocenters. The number of hydrogen-bond acceptors (Lipinski definition) is 4. The Labute approximate surface area is 127 Å². The summed E-state index contributed by atoms with van der Waals surface area (Å²) in [5, 5.41) is 7.18. The van der Waals surface area contributed by atoms with Crippen LogP contribution in [-0.2, 0) is 9.59 Å². The molecule has 1 aromatic carbocycles. The Morgan fingerprint density at radius 1 is 1.16 bits per heavy atom. The van der Waals surface area contributed by atoms with Crippen LogP contribution in [0.25, 0.3) is 0 Å². The predicted octanol–water partition coefficient (Wildman–Crippen LogP) is 2.63. The Hall–Kier alpha value is -1.48. The number of carbonyl (C=O) groups excluding carboxylic acids is 2. The maximum Gasteiger partial charge on any atom is 0.315 e. The molecule has 2 rings (SSSR count). The molecule has 0 saturated heterocycles. The summed E-state index contributed by atoms with van der Waals surface area (Å²) < 4.78 is 1.05. The number of anilines is 2. The summed E-state index contributed by atoms with van der Waals surface area (Å²) in [6.07, 6.45) is 0. The van der Waals surface area contributed by atoms with Gasteiger partial charge in [0.15, 0.2) is 5.13 Å². The third-order valence-electron chi connectivity index (χ3n) is 2.15. The smallest absolute Gasteiger partial charge is 0.315 e. The number of hydrogen-bond donors (Lipinski definition) is 2. The van der Waals surface area contributed by atoms with Gasteiger partial charge in [-0.3, -0.25) is 14.9 Å². The van der Waals surface area contributed by atoms with Gasteiger partial charge in [0.25, 0.3) is 0 Å². The summed E-state index contributed by atoms with van der Waals surface area (Å²) in [6.45, 7) is 1.82. The second kappa shape index (κ2) is 6.11. The van der Waals surface area contributed by atoms with Gasteiger partial charge in [-0.1, -0.05) is 0 Å². The highest BCUT2D eigenvalue weighted by molar-refractivity contribution is 14.1. The largest absolute Gasteiger partial charge is 0.318 e. The Morgan fingerprint density at radius 2 is 1.79 bits per heavy atom. The molecule has 1 heterocycles. The molecule has 0 aliphatic heterocycles. The van der Waals surface area contributed by atoms with Gasteiger partial charge in [-0.15, -0.1) is 11.3 Å². The summed E-state index contributed by atoms with van der Waals surface area (Å²) in [4.78, 5) is 27.4. The van der Waals surface area contributed by atoms with Gasteiger partial charge in [0.1, 0.15) is 0 Å². The molecule has 0 fully saturated rings.